The molecular formula is C13H23N3. The summed E-state index contributed by atoms with van der Waals surface area (Å²) in [6, 6.07) is 0.712. The minimum atomic E-state index is 0.169. The molecule has 0 saturated heterocycles. The molecule has 1 fully saturated rings. The summed E-state index contributed by atoms with van der Waals surface area (Å²) in [4.78, 5) is 4.28. The smallest absolute Gasteiger partial charge is 0.0951 e. The quantitative estimate of drug-likeness (QED) is 0.847. The van der Waals surface area contributed by atoms with Crippen molar-refractivity contribution in [3.05, 3.63) is 18.2 Å². The molecule has 1 saturated carbocycles. The molecule has 3 heteroatoms. The van der Waals surface area contributed by atoms with Gasteiger partial charge in [-0.3, -0.25) is 0 Å². The molecule has 0 aliphatic heterocycles. The van der Waals surface area contributed by atoms with Gasteiger partial charge >= 0.3 is 0 Å². The van der Waals surface area contributed by atoms with Gasteiger partial charge in [0.1, 0.15) is 0 Å². The van der Waals surface area contributed by atoms with Gasteiger partial charge in [-0.15, -0.1) is 0 Å². The van der Waals surface area contributed by atoms with Crippen molar-refractivity contribution in [1.82, 2.24) is 14.9 Å². The van der Waals surface area contributed by atoms with Crippen LogP contribution in [0, 0.1) is 5.92 Å². The Morgan fingerprint density at radius 1 is 1.50 bits per heavy atom. The normalized spacial score (nSPS) is 24.8. The van der Waals surface area contributed by atoms with Crippen molar-refractivity contribution in [1.29, 1.82) is 0 Å². The zero-order valence-electron chi connectivity index (χ0n) is 10.8. The molecule has 0 bridgehead atoms. The summed E-state index contributed by atoms with van der Waals surface area (Å²) in [6.07, 6.45) is 6.59. The number of imidazole rings is 1. The summed E-state index contributed by atoms with van der Waals surface area (Å²) < 4.78 is 2.35. The van der Waals surface area contributed by atoms with E-state index in [4.69, 9.17) is 0 Å². The summed E-state index contributed by atoms with van der Waals surface area (Å²) in [5.74, 6) is 0.877. The second kappa shape index (κ2) is 4.21. The molecule has 2 rings (SSSR count). The lowest BCUT2D eigenvalue weighted by molar-refractivity contribution is 0.414. The van der Waals surface area contributed by atoms with Gasteiger partial charge in [0.25, 0.3) is 0 Å². The third kappa shape index (κ3) is 2.64. The molecule has 0 spiro atoms. The van der Waals surface area contributed by atoms with Gasteiger partial charge < -0.3 is 9.88 Å². The highest BCUT2D eigenvalue weighted by atomic mass is 15.1. The van der Waals surface area contributed by atoms with Gasteiger partial charge in [-0.2, -0.15) is 0 Å². The van der Waals surface area contributed by atoms with E-state index in [2.05, 4.69) is 42.6 Å². The molecule has 1 aliphatic rings. The Labute approximate surface area is 98.3 Å². The number of hydrogen-bond acceptors (Lipinski definition) is 2. The van der Waals surface area contributed by atoms with Crippen LogP contribution in [0.15, 0.2) is 12.5 Å². The predicted octanol–water partition coefficient (Wildman–Crippen LogP) is 2.74. The second-order valence-corrected chi connectivity index (χ2v) is 5.87. The van der Waals surface area contributed by atoms with E-state index in [0.717, 1.165) is 12.5 Å². The van der Waals surface area contributed by atoms with Gasteiger partial charge in [0, 0.05) is 24.3 Å². The van der Waals surface area contributed by atoms with Crippen LogP contribution in [-0.4, -0.2) is 15.1 Å². The van der Waals surface area contributed by atoms with Crippen molar-refractivity contribution in [2.45, 2.75) is 58.7 Å². The van der Waals surface area contributed by atoms with E-state index in [1.54, 1.807) is 0 Å². The van der Waals surface area contributed by atoms with Crippen LogP contribution < -0.4 is 5.32 Å². The summed E-state index contributed by atoms with van der Waals surface area (Å²) >= 11 is 0. The first kappa shape index (κ1) is 11.6. The van der Waals surface area contributed by atoms with E-state index in [1.807, 2.05) is 12.5 Å². The highest BCUT2D eigenvalue weighted by Gasteiger charge is 2.37. The van der Waals surface area contributed by atoms with E-state index >= 15 is 0 Å². The summed E-state index contributed by atoms with van der Waals surface area (Å²) in [6.45, 7) is 9.77. The van der Waals surface area contributed by atoms with Crippen LogP contribution in [0.25, 0.3) is 0 Å². The van der Waals surface area contributed by atoms with Gasteiger partial charge in [-0.25, -0.2) is 4.98 Å². The number of hydrogen-bond donors (Lipinski definition) is 1. The monoisotopic (exact) mass is 221 g/mol. The Kier molecular flexibility index (Phi) is 3.06. The van der Waals surface area contributed by atoms with Gasteiger partial charge in [-0.1, -0.05) is 13.3 Å². The molecular weight excluding hydrogens is 198 g/mol. The SMILES string of the molecule is CCC1CC1n1cncc1CNC(C)(C)C. The Balaban J connectivity index is 1.98. The van der Waals surface area contributed by atoms with Crippen molar-refractivity contribution in [2.75, 3.05) is 0 Å². The molecule has 3 nitrogen and oxygen atoms in total. The number of nitrogens with one attached hydrogen (secondary N) is 1. The largest absolute Gasteiger partial charge is 0.330 e. The zero-order valence-corrected chi connectivity index (χ0v) is 10.8. The van der Waals surface area contributed by atoms with Crippen LogP contribution in [0.3, 0.4) is 0 Å². The van der Waals surface area contributed by atoms with Gasteiger partial charge in [0.15, 0.2) is 0 Å². The van der Waals surface area contributed by atoms with Crippen molar-refractivity contribution in [3.8, 4) is 0 Å². The minimum absolute atomic E-state index is 0.169. The summed E-state index contributed by atoms with van der Waals surface area (Å²) in [7, 11) is 0. The molecule has 1 aromatic heterocycles. The molecule has 0 radical (unpaired) electrons. The topological polar surface area (TPSA) is 29.9 Å². The maximum absolute atomic E-state index is 4.28. The molecule has 90 valence electrons. The van der Waals surface area contributed by atoms with E-state index in [0.29, 0.717) is 6.04 Å². The highest BCUT2D eigenvalue weighted by Crippen LogP contribution is 2.45. The number of nitrogens with zero attached hydrogens (tertiary/aromatic N) is 2. The second-order valence-electron chi connectivity index (χ2n) is 5.87. The predicted molar refractivity (Wildman–Crippen MR) is 66.3 cm³/mol. The van der Waals surface area contributed by atoms with E-state index in [1.165, 1.54) is 18.5 Å². The third-order valence-corrected chi connectivity index (χ3v) is 3.31. The van der Waals surface area contributed by atoms with Crippen LogP contribution in [0.1, 0.15) is 52.3 Å². The molecule has 0 amide bonds. The fourth-order valence-corrected chi connectivity index (χ4v) is 2.13. The van der Waals surface area contributed by atoms with Crippen molar-refractivity contribution in [2.24, 2.45) is 5.92 Å². The van der Waals surface area contributed by atoms with Gasteiger partial charge in [-0.05, 0) is 33.1 Å². The first-order chi connectivity index (χ1) is 7.51. The maximum Gasteiger partial charge on any atom is 0.0951 e. The minimum Gasteiger partial charge on any atom is -0.330 e. The summed E-state index contributed by atoms with van der Waals surface area (Å²) in [5, 5.41) is 3.52. The first-order valence-electron chi connectivity index (χ1n) is 6.27. The lowest BCUT2D eigenvalue weighted by Crippen LogP contribution is -2.35. The Morgan fingerprint density at radius 3 is 2.81 bits per heavy atom. The van der Waals surface area contributed by atoms with E-state index < -0.39 is 0 Å². The molecule has 1 heterocycles. The molecule has 1 N–H and O–H groups in total. The Morgan fingerprint density at radius 2 is 2.25 bits per heavy atom. The number of aromatic nitrogens is 2. The van der Waals surface area contributed by atoms with Crippen LogP contribution in [0.4, 0.5) is 0 Å². The third-order valence-electron chi connectivity index (χ3n) is 3.31. The van der Waals surface area contributed by atoms with Crippen LogP contribution in [-0.2, 0) is 6.54 Å². The molecule has 16 heavy (non-hydrogen) atoms. The van der Waals surface area contributed by atoms with Crippen molar-refractivity contribution >= 4 is 0 Å². The van der Waals surface area contributed by atoms with Crippen LogP contribution >= 0.6 is 0 Å². The number of rotatable bonds is 4. The van der Waals surface area contributed by atoms with Crippen molar-refractivity contribution in [3.63, 3.8) is 0 Å². The molecule has 2 unspecified atom stereocenters. The zero-order chi connectivity index (χ0) is 11.8. The van der Waals surface area contributed by atoms with Gasteiger partial charge in [0.05, 0.1) is 12.0 Å². The molecule has 1 aromatic rings. The molecule has 0 aromatic carbocycles. The van der Waals surface area contributed by atoms with Crippen LogP contribution in [0.5, 0.6) is 0 Å². The molecule has 2 atom stereocenters. The fourth-order valence-electron chi connectivity index (χ4n) is 2.13. The molecule has 1 aliphatic carbocycles. The Bertz CT molecular complexity index is 348. The first-order valence-corrected chi connectivity index (χ1v) is 6.27. The fraction of sp³-hybridized carbons (Fsp3) is 0.769. The maximum atomic E-state index is 4.28. The van der Waals surface area contributed by atoms with Gasteiger partial charge in [0.2, 0.25) is 0 Å². The summed E-state index contributed by atoms with van der Waals surface area (Å²) in [5.41, 5.74) is 1.49. The van der Waals surface area contributed by atoms with E-state index in [-0.39, 0.29) is 5.54 Å². The average molecular weight is 221 g/mol. The van der Waals surface area contributed by atoms with E-state index in [9.17, 15) is 0 Å². The van der Waals surface area contributed by atoms with Crippen molar-refractivity contribution < 1.29 is 0 Å². The lowest BCUT2D eigenvalue weighted by atomic mass is 10.1. The Hall–Kier alpha value is -0.830. The van der Waals surface area contributed by atoms with Crippen LogP contribution in [0.2, 0.25) is 0 Å². The standard InChI is InChI=1S/C13H23N3/c1-5-10-6-12(10)16-9-14-7-11(16)8-15-13(2,3)4/h7,9-10,12,15H,5-6,8H2,1-4H3. The lowest BCUT2D eigenvalue weighted by Gasteiger charge is -2.21. The average Bonchev–Trinajstić information content (AvgIpc) is 2.84. The highest BCUT2D eigenvalue weighted by molar-refractivity contribution is 5.06.